The SMILES string of the molecule is N=C(N)NCc1ccc(OCOOCCOCOCOOCCNCCCNCCCOc2c(I)cc(Oc3c(I)cc(CC(=O)O)cc3I)cc2I)cc1. The number of rotatable bonds is 30. The van der Waals surface area contributed by atoms with E-state index in [1.54, 1.807) is 12.1 Å². The van der Waals surface area contributed by atoms with Gasteiger partial charge in [-0.15, -0.1) is 0 Å². The van der Waals surface area contributed by atoms with Crippen molar-refractivity contribution in [1.82, 2.24) is 16.0 Å². The fourth-order valence-electron chi connectivity index (χ4n) is 4.37. The number of aliphatic carboxylic acids is 1. The van der Waals surface area contributed by atoms with Crippen molar-refractivity contribution in [1.29, 1.82) is 5.41 Å². The Morgan fingerprint density at radius 3 is 1.98 bits per heavy atom. The van der Waals surface area contributed by atoms with Gasteiger partial charge in [-0.05, 0) is 170 Å². The molecule has 3 aromatic rings. The minimum atomic E-state index is -0.862. The highest BCUT2D eigenvalue weighted by molar-refractivity contribution is 14.1. The Kier molecular flexibility index (Phi) is 25.0. The highest BCUT2D eigenvalue weighted by Crippen LogP contribution is 2.37. The normalized spacial score (nSPS) is 11.1. The number of guanidine groups is 1. The molecule has 304 valence electrons. The lowest BCUT2D eigenvalue weighted by Crippen LogP contribution is -2.29. The largest absolute Gasteiger partial charge is 0.491 e. The molecule has 0 amide bonds. The molecular weight excluding hydrogens is 1170 g/mol. The second-order valence-electron chi connectivity index (χ2n) is 11.2. The van der Waals surface area contributed by atoms with E-state index < -0.39 is 5.97 Å². The number of nitrogens with two attached hydrogens (primary N) is 1. The summed E-state index contributed by atoms with van der Waals surface area (Å²) in [6.45, 7) is 4.99. The molecule has 0 unspecified atom stereocenters. The van der Waals surface area contributed by atoms with Crippen LogP contribution in [-0.2, 0) is 46.8 Å². The smallest absolute Gasteiger partial charge is 0.307 e. The maximum atomic E-state index is 11.1. The van der Waals surface area contributed by atoms with Crippen LogP contribution in [0, 0.1) is 19.7 Å². The standard InChI is InChI=1S/C35H45I4N5O11/c36-28-15-25(17-32(45)46)16-29(37)34(28)55-27-18-30(38)33(31(39)19-27)49-11-2-9-42-7-1-8-43-10-12-51-53-22-48-21-47-13-14-52-54-23-50-26-5-3-24(4-6-26)20-44-35(40)41/h3-6,15-16,18-19,42-43H,1-2,7-14,17,20-23H2,(H,45,46)(H4,40,41,44). The summed E-state index contributed by atoms with van der Waals surface area (Å²) >= 11 is 8.87. The van der Waals surface area contributed by atoms with Gasteiger partial charge in [-0.25, -0.2) is 14.7 Å². The van der Waals surface area contributed by atoms with Crippen molar-refractivity contribution in [3.63, 3.8) is 0 Å². The molecule has 0 fully saturated rings. The zero-order valence-corrected chi connectivity index (χ0v) is 38.5. The van der Waals surface area contributed by atoms with Gasteiger partial charge in [-0.1, -0.05) is 12.1 Å². The second-order valence-corrected chi connectivity index (χ2v) is 15.9. The molecular formula is C35H45I4N5O11. The summed E-state index contributed by atoms with van der Waals surface area (Å²) in [5.74, 6) is 1.91. The van der Waals surface area contributed by atoms with Crippen LogP contribution >= 0.6 is 90.4 Å². The van der Waals surface area contributed by atoms with Gasteiger partial charge >= 0.3 is 5.97 Å². The number of hydrogen-bond acceptors (Lipinski definition) is 13. The molecule has 0 atom stereocenters. The topological polar surface area (TPSA) is 206 Å². The number of nitrogens with one attached hydrogen (secondary N) is 4. The summed E-state index contributed by atoms with van der Waals surface area (Å²) in [5.41, 5.74) is 6.98. The first-order chi connectivity index (χ1) is 26.6. The first-order valence-corrected chi connectivity index (χ1v) is 21.3. The van der Waals surface area contributed by atoms with Gasteiger partial charge in [0.05, 0.1) is 40.5 Å². The Hall–Kier alpha value is -1.60. The lowest BCUT2D eigenvalue weighted by atomic mass is 10.1. The van der Waals surface area contributed by atoms with E-state index in [2.05, 4.69) is 106 Å². The summed E-state index contributed by atoms with van der Waals surface area (Å²) in [7, 11) is 0. The summed E-state index contributed by atoms with van der Waals surface area (Å²) in [5, 5.41) is 25.7. The lowest BCUT2D eigenvalue weighted by Gasteiger charge is -2.15. The average molecular weight is 1220 g/mol. The van der Waals surface area contributed by atoms with Crippen LogP contribution in [0.2, 0.25) is 0 Å². The van der Waals surface area contributed by atoms with E-state index in [9.17, 15) is 4.79 Å². The van der Waals surface area contributed by atoms with Crippen LogP contribution in [-0.4, -0.2) is 90.0 Å². The highest BCUT2D eigenvalue weighted by atomic mass is 127. The van der Waals surface area contributed by atoms with E-state index in [1.807, 2.05) is 36.4 Å². The minimum absolute atomic E-state index is 0.0162. The number of halogens is 4. The zero-order valence-electron chi connectivity index (χ0n) is 29.8. The first-order valence-electron chi connectivity index (χ1n) is 17.0. The molecule has 7 N–H and O–H groups in total. The quantitative estimate of drug-likeness (QED) is 0.00898. The number of carboxylic acids is 1. The molecule has 3 aromatic carbocycles. The van der Waals surface area contributed by atoms with Gasteiger partial charge < -0.3 is 50.5 Å². The molecule has 0 aliphatic carbocycles. The molecule has 20 heteroatoms. The van der Waals surface area contributed by atoms with Crippen LogP contribution in [0.25, 0.3) is 0 Å². The Labute approximate surface area is 374 Å². The molecule has 0 saturated heterocycles. The van der Waals surface area contributed by atoms with Gasteiger partial charge in [0.25, 0.3) is 0 Å². The van der Waals surface area contributed by atoms with Crippen molar-refractivity contribution in [2.75, 3.05) is 73.0 Å². The van der Waals surface area contributed by atoms with Crippen LogP contribution < -0.4 is 35.9 Å². The predicted molar refractivity (Wildman–Crippen MR) is 237 cm³/mol. The van der Waals surface area contributed by atoms with Gasteiger partial charge in [0.1, 0.15) is 30.6 Å². The maximum Gasteiger partial charge on any atom is 0.307 e. The molecule has 16 nitrogen and oxygen atoms in total. The molecule has 0 aromatic heterocycles. The third kappa shape index (κ3) is 21.1. The third-order valence-electron chi connectivity index (χ3n) is 6.87. The Morgan fingerprint density at radius 1 is 0.655 bits per heavy atom. The van der Waals surface area contributed by atoms with Gasteiger partial charge in [-0.2, -0.15) is 4.89 Å². The number of carboxylic acid groups (broad SMARTS) is 1. The van der Waals surface area contributed by atoms with E-state index in [1.165, 1.54) is 0 Å². The zero-order chi connectivity index (χ0) is 39.7. The van der Waals surface area contributed by atoms with Gasteiger partial charge in [0.15, 0.2) is 18.5 Å². The predicted octanol–water partition coefficient (Wildman–Crippen LogP) is 5.73. The van der Waals surface area contributed by atoms with Crippen molar-refractivity contribution in [3.8, 4) is 23.0 Å². The molecule has 0 bridgehead atoms. The van der Waals surface area contributed by atoms with Crippen LogP contribution in [0.5, 0.6) is 23.0 Å². The average Bonchev–Trinajstić information content (AvgIpc) is 3.13. The van der Waals surface area contributed by atoms with Gasteiger partial charge in [-0.3, -0.25) is 10.2 Å². The highest BCUT2D eigenvalue weighted by Gasteiger charge is 2.15. The second kappa shape index (κ2) is 28.7. The number of benzene rings is 3. The van der Waals surface area contributed by atoms with Crippen LogP contribution in [0.3, 0.4) is 0 Å². The number of ether oxygens (including phenoxy) is 5. The molecule has 55 heavy (non-hydrogen) atoms. The van der Waals surface area contributed by atoms with E-state index in [-0.39, 0.29) is 46.0 Å². The summed E-state index contributed by atoms with van der Waals surface area (Å²) in [6.07, 6.45) is 1.81. The first kappa shape index (κ1) is 47.8. The summed E-state index contributed by atoms with van der Waals surface area (Å²) < 4.78 is 31.8. The minimum Gasteiger partial charge on any atom is -0.491 e. The molecule has 0 spiro atoms. The molecule has 0 aliphatic heterocycles. The Morgan fingerprint density at radius 2 is 1.29 bits per heavy atom. The van der Waals surface area contributed by atoms with E-state index in [0.717, 1.165) is 63.6 Å². The van der Waals surface area contributed by atoms with Crippen molar-refractivity contribution in [3.05, 3.63) is 73.9 Å². The summed E-state index contributed by atoms with van der Waals surface area (Å²) in [6, 6.07) is 14.8. The Balaban J connectivity index is 1.08. The summed E-state index contributed by atoms with van der Waals surface area (Å²) in [4.78, 5) is 31.1. The number of carbonyl (C=O) groups is 1. The van der Waals surface area contributed by atoms with Crippen molar-refractivity contribution in [2.45, 2.75) is 25.8 Å². The van der Waals surface area contributed by atoms with Crippen LogP contribution in [0.4, 0.5) is 0 Å². The maximum absolute atomic E-state index is 11.1. The lowest BCUT2D eigenvalue weighted by molar-refractivity contribution is -0.347. The Bertz CT molecular complexity index is 1550. The van der Waals surface area contributed by atoms with Crippen molar-refractivity contribution in [2.24, 2.45) is 5.73 Å². The van der Waals surface area contributed by atoms with Crippen LogP contribution in [0.15, 0.2) is 48.5 Å². The fraction of sp³-hybridized carbons (Fsp3) is 0.429. The molecule has 3 rings (SSSR count). The molecule has 0 aliphatic rings. The molecule has 0 saturated carbocycles. The fourth-order valence-corrected chi connectivity index (χ4v) is 8.51. The third-order valence-corrected chi connectivity index (χ3v) is 10.1. The monoisotopic (exact) mass is 1220 g/mol. The molecule has 0 radical (unpaired) electrons. The van der Waals surface area contributed by atoms with Gasteiger partial charge in [0.2, 0.25) is 6.79 Å². The van der Waals surface area contributed by atoms with E-state index in [4.69, 9.17) is 59.5 Å². The van der Waals surface area contributed by atoms with Crippen LogP contribution in [0.1, 0.15) is 24.0 Å². The molecule has 0 heterocycles. The van der Waals surface area contributed by atoms with Gasteiger partial charge in [0, 0.05) is 13.1 Å². The van der Waals surface area contributed by atoms with E-state index >= 15 is 0 Å². The van der Waals surface area contributed by atoms with E-state index in [0.29, 0.717) is 43.6 Å². The van der Waals surface area contributed by atoms with Crippen molar-refractivity contribution < 1.29 is 53.1 Å². The van der Waals surface area contributed by atoms with Crippen molar-refractivity contribution >= 4 is 102 Å². The number of hydrogen-bond donors (Lipinski definition) is 6.